The Morgan fingerprint density at radius 3 is 2.82 bits per heavy atom. The number of carbonyl (C=O) groups is 1. The fourth-order valence-corrected chi connectivity index (χ4v) is 1.48. The van der Waals surface area contributed by atoms with Crippen molar-refractivity contribution in [3.63, 3.8) is 0 Å². The molecule has 1 aromatic carbocycles. The summed E-state index contributed by atoms with van der Waals surface area (Å²) >= 11 is 0. The van der Waals surface area contributed by atoms with Crippen LogP contribution in [0, 0.1) is 18.8 Å². The van der Waals surface area contributed by atoms with E-state index in [0.29, 0.717) is 11.0 Å². The molecule has 0 N–H and O–H groups in total. The van der Waals surface area contributed by atoms with E-state index in [1.807, 2.05) is 13.0 Å². The van der Waals surface area contributed by atoms with Gasteiger partial charge in [0, 0.05) is 6.92 Å². The van der Waals surface area contributed by atoms with E-state index in [1.165, 1.54) is 13.2 Å². The molecule has 0 aliphatic rings. The molecule has 0 radical (unpaired) electrons. The predicted octanol–water partition coefficient (Wildman–Crippen LogP) is 2.04. The number of ketones is 1. The lowest BCUT2D eigenvalue weighted by Crippen LogP contribution is -2.05. The third-order valence-corrected chi connectivity index (χ3v) is 2.30. The molecule has 0 saturated heterocycles. The van der Waals surface area contributed by atoms with Crippen LogP contribution < -0.4 is 5.43 Å². The van der Waals surface area contributed by atoms with Crippen molar-refractivity contribution in [1.29, 1.82) is 0 Å². The number of benzene rings is 1. The molecule has 0 atom stereocenters. The smallest absolute Gasteiger partial charge is 0.208 e. The Hall–Kier alpha value is -2.34. The fraction of sp³-hybridized carbons (Fsp3) is 0.143. The number of hydrogen-bond acceptors (Lipinski definition) is 3. The Morgan fingerprint density at radius 1 is 1.35 bits per heavy atom. The fourth-order valence-electron chi connectivity index (χ4n) is 1.48. The molecule has 0 aliphatic carbocycles. The van der Waals surface area contributed by atoms with Crippen molar-refractivity contribution in [2.24, 2.45) is 0 Å². The molecule has 3 nitrogen and oxygen atoms in total. The molecular weight excluding hydrogens is 216 g/mol. The average Bonchev–Trinajstić information content (AvgIpc) is 2.27. The van der Waals surface area contributed by atoms with E-state index in [0.717, 1.165) is 5.56 Å². The first-order chi connectivity index (χ1) is 8.08. The summed E-state index contributed by atoms with van der Waals surface area (Å²) < 4.78 is 5.32. The van der Waals surface area contributed by atoms with E-state index in [2.05, 4.69) is 11.8 Å². The normalized spacial score (nSPS) is 9.76. The van der Waals surface area contributed by atoms with Gasteiger partial charge in [0.2, 0.25) is 11.2 Å². The molecule has 0 bridgehead atoms. The second-order valence-corrected chi connectivity index (χ2v) is 3.78. The van der Waals surface area contributed by atoms with Gasteiger partial charge in [-0.15, -0.1) is 0 Å². The summed E-state index contributed by atoms with van der Waals surface area (Å²) in [6.45, 7) is 3.27. The van der Waals surface area contributed by atoms with Crippen LogP contribution in [0.3, 0.4) is 0 Å². The highest BCUT2D eigenvalue weighted by Gasteiger charge is 2.04. The molecule has 3 heteroatoms. The number of Topliss-reactive ketones (excluding diaryl/α,β-unsaturated/α-hetero) is 1. The Labute approximate surface area is 98.1 Å². The van der Waals surface area contributed by atoms with Crippen LogP contribution in [0.1, 0.15) is 18.1 Å². The van der Waals surface area contributed by atoms with Crippen LogP contribution in [0.25, 0.3) is 11.0 Å². The summed E-state index contributed by atoms with van der Waals surface area (Å²) in [5, 5.41) is 0.478. The van der Waals surface area contributed by atoms with Crippen LogP contribution >= 0.6 is 0 Å². The van der Waals surface area contributed by atoms with E-state index >= 15 is 0 Å². The van der Waals surface area contributed by atoms with Crippen LogP contribution in [0.2, 0.25) is 0 Å². The van der Waals surface area contributed by atoms with Gasteiger partial charge in [0.25, 0.3) is 0 Å². The van der Waals surface area contributed by atoms with Gasteiger partial charge in [0.1, 0.15) is 17.4 Å². The Morgan fingerprint density at radius 2 is 2.12 bits per heavy atom. The monoisotopic (exact) mass is 226 g/mol. The number of aryl methyl sites for hydroxylation is 1. The molecule has 2 aromatic rings. The maximum atomic E-state index is 12.0. The number of hydrogen-bond donors (Lipinski definition) is 0. The maximum absolute atomic E-state index is 12.0. The zero-order chi connectivity index (χ0) is 12.4. The minimum atomic E-state index is -0.284. The summed E-state index contributed by atoms with van der Waals surface area (Å²) in [7, 11) is 0. The third-order valence-electron chi connectivity index (χ3n) is 2.30. The van der Waals surface area contributed by atoms with Gasteiger partial charge in [0.05, 0.1) is 5.39 Å². The van der Waals surface area contributed by atoms with Crippen molar-refractivity contribution < 1.29 is 9.21 Å². The van der Waals surface area contributed by atoms with Crippen LogP contribution in [0.15, 0.2) is 33.7 Å². The molecule has 0 unspecified atom stereocenters. The van der Waals surface area contributed by atoms with Gasteiger partial charge in [0.15, 0.2) is 0 Å². The Kier molecular flexibility index (Phi) is 2.80. The molecule has 0 aliphatic heterocycles. The summed E-state index contributed by atoms with van der Waals surface area (Å²) in [6, 6.07) is 5.33. The van der Waals surface area contributed by atoms with Crippen LogP contribution in [-0.4, -0.2) is 5.78 Å². The molecule has 2 rings (SSSR count). The second kappa shape index (κ2) is 4.26. The molecule has 0 spiro atoms. The molecule has 0 saturated carbocycles. The van der Waals surface area contributed by atoms with Crippen molar-refractivity contribution in [3.05, 3.63) is 45.8 Å². The SMILES string of the molecule is CC(=O)C#Cc1coc2cc(C)ccc2c1=O. The van der Waals surface area contributed by atoms with Crippen molar-refractivity contribution in [2.75, 3.05) is 0 Å². The van der Waals surface area contributed by atoms with Crippen molar-refractivity contribution in [3.8, 4) is 11.8 Å². The Balaban J connectivity index is 2.68. The van der Waals surface area contributed by atoms with Gasteiger partial charge in [-0.1, -0.05) is 12.0 Å². The van der Waals surface area contributed by atoms with E-state index in [-0.39, 0.29) is 16.8 Å². The standard InChI is InChI=1S/C14H10O3/c1-9-3-6-12-13(7-9)17-8-11(14(12)16)5-4-10(2)15/h3,6-8H,1-2H3. The van der Waals surface area contributed by atoms with Gasteiger partial charge in [-0.05, 0) is 30.5 Å². The highest BCUT2D eigenvalue weighted by atomic mass is 16.3. The van der Waals surface area contributed by atoms with Gasteiger partial charge in [-0.3, -0.25) is 9.59 Å². The van der Waals surface area contributed by atoms with E-state index in [4.69, 9.17) is 4.42 Å². The molecule has 1 aromatic heterocycles. The lowest BCUT2D eigenvalue weighted by Gasteiger charge is -1.98. The number of carbonyl (C=O) groups excluding carboxylic acids is 1. The summed E-state index contributed by atoms with van der Waals surface area (Å²) in [5.41, 5.74) is 1.54. The molecule has 17 heavy (non-hydrogen) atoms. The third kappa shape index (κ3) is 2.26. The van der Waals surface area contributed by atoms with Gasteiger partial charge in [-0.25, -0.2) is 0 Å². The molecule has 84 valence electrons. The minimum absolute atomic E-state index is 0.205. The topological polar surface area (TPSA) is 47.3 Å². The quantitative estimate of drug-likeness (QED) is 0.646. The van der Waals surface area contributed by atoms with Crippen LogP contribution in [0.4, 0.5) is 0 Å². The van der Waals surface area contributed by atoms with Gasteiger partial charge < -0.3 is 4.42 Å². The lowest BCUT2D eigenvalue weighted by molar-refractivity contribution is -0.111. The second-order valence-electron chi connectivity index (χ2n) is 3.78. The van der Waals surface area contributed by atoms with Gasteiger partial charge in [-0.2, -0.15) is 0 Å². The van der Waals surface area contributed by atoms with Crippen LogP contribution in [0.5, 0.6) is 0 Å². The summed E-state index contributed by atoms with van der Waals surface area (Å²) in [4.78, 5) is 22.7. The molecular formula is C14H10O3. The highest BCUT2D eigenvalue weighted by Crippen LogP contribution is 2.12. The first kappa shape index (κ1) is 11.2. The summed E-state index contributed by atoms with van der Waals surface area (Å²) in [6.07, 6.45) is 1.29. The summed E-state index contributed by atoms with van der Waals surface area (Å²) in [5.74, 6) is 4.56. The first-order valence-corrected chi connectivity index (χ1v) is 5.12. The van der Waals surface area contributed by atoms with E-state index in [9.17, 15) is 9.59 Å². The van der Waals surface area contributed by atoms with Crippen molar-refractivity contribution in [2.45, 2.75) is 13.8 Å². The highest BCUT2D eigenvalue weighted by molar-refractivity contribution is 5.94. The lowest BCUT2D eigenvalue weighted by atomic mass is 10.1. The minimum Gasteiger partial charge on any atom is -0.463 e. The zero-order valence-electron chi connectivity index (χ0n) is 9.53. The average molecular weight is 226 g/mol. The molecule has 1 heterocycles. The van der Waals surface area contributed by atoms with E-state index < -0.39 is 0 Å². The van der Waals surface area contributed by atoms with E-state index in [1.54, 1.807) is 12.1 Å². The number of fused-ring (bicyclic) bond motifs is 1. The first-order valence-electron chi connectivity index (χ1n) is 5.12. The molecule has 0 fully saturated rings. The molecule has 0 amide bonds. The van der Waals surface area contributed by atoms with Gasteiger partial charge >= 0.3 is 0 Å². The van der Waals surface area contributed by atoms with Crippen LogP contribution in [-0.2, 0) is 4.79 Å². The predicted molar refractivity (Wildman–Crippen MR) is 64.8 cm³/mol. The van der Waals surface area contributed by atoms with Crippen molar-refractivity contribution in [1.82, 2.24) is 0 Å². The van der Waals surface area contributed by atoms with Crippen molar-refractivity contribution >= 4 is 16.8 Å². The Bertz CT molecular complexity index is 712. The number of rotatable bonds is 0. The largest absolute Gasteiger partial charge is 0.463 e. The zero-order valence-corrected chi connectivity index (χ0v) is 9.53. The maximum Gasteiger partial charge on any atom is 0.208 e.